The Morgan fingerprint density at radius 3 is 2.80 bits per heavy atom. The van der Waals surface area contributed by atoms with Crippen LogP contribution in [0.1, 0.15) is 18.5 Å². The number of nitrogens with zero attached hydrogens (tertiary/aromatic N) is 3. The van der Waals surface area contributed by atoms with Gasteiger partial charge in [0.2, 0.25) is 0 Å². The molecule has 0 fully saturated rings. The highest BCUT2D eigenvalue weighted by molar-refractivity contribution is 5.36. The molecule has 0 radical (unpaired) electrons. The lowest BCUT2D eigenvalue weighted by Gasteiger charge is -2.08. The number of nitrogens with two attached hydrogens (primary N) is 1. The molecule has 0 bridgehead atoms. The maximum atomic E-state index is 13.6. The Balaban J connectivity index is 2.44. The summed E-state index contributed by atoms with van der Waals surface area (Å²) in [6.45, 7) is 1.81. The van der Waals surface area contributed by atoms with E-state index in [-0.39, 0.29) is 11.9 Å². The minimum Gasteiger partial charge on any atom is -0.324 e. The maximum absolute atomic E-state index is 13.6. The van der Waals surface area contributed by atoms with E-state index in [1.807, 2.05) is 6.92 Å². The van der Waals surface area contributed by atoms with Crippen LogP contribution in [0.2, 0.25) is 0 Å². The third-order valence-electron chi connectivity index (χ3n) is 2.16. The number of aromatic nitrogens is 3. The number of hydrogen-bond acceptors (Lipinski definition) is 3. The van der Waals surface area contributed by atoms with Crippen molar-refractivity contribution in [1.29, 1.82) is 0 Å². The lowest BCUT2D eigenvalue weighted by Crippen LogP contribution is -2.06. The number of hydrogen-bond donors (Lipinski definition) is 1. The summed E-state index contributed by atoms with van der Waals surface area (Å²) >= 11 is 0. The van der Waals surface area contributed by atoms with Crippen LogP contribution in [0.3, 0.4) is 0 Å². The van der Waals surface area contributed by atoms with Gasteiger partial charge in [0.25, 0.3) is 0 Å². The zero-order chi connectivity index (χ0) is 10.8. The van der Waals surface area contributed by atoms with E-state index in [9.17, 15) is 4.39 Å². The molecule has 1 atom stereocenters. The Labute approximate surface area is 86.6 Å². The van der Waals surface area contributed by atoms with Crippen LogP contribution in [0.15, 0.2) is 30.9 Å². The van der Waals surface area contributed by atoms with Gasteiger partial charge in [-0.05, 0) is 24.6 Å². The van der Waals surface area contributed by atoms with Gasteiger partial charge >= 0.3 is 0 Å². The van der Waals surface area contributed by atoms with Crippen molar-refractivity contribution < 1.29 is 4.39 Å². The predicted octanol–water partition coefficient (Wildman–Crippen LogP) is 1.43. The van der Waals surface area contributed by atoms with Gasteiger partial charge in [-0.15, -0.1) is 0 Å². The van der Waals surface area contributed by atoms with E-state index in [1.54, 1.807) is 12.1 Å². The molecule has 1 aromatic carbocycles. The van der Waals surface area contributed by atoms with Gasteiger partial charge in [-0.1, -0.05) is 6.07 Å². The zero-order valence-corrected chi connectivity index (χ0v) is 8.26. The third kappa shape index (κ3) is 1.87. The number of benzene rings is 1. The summed E-state index contributed by atoms with van der Waals surface area (Å²) in [5, 5.41) is 3.86. The van der Waals surface area contributed by atoms with Crippen LogP contribution in [-0.4, -0.2) is 14.8 Å². The van der Waals surface area contributed by atoms with Crippen molar-refractivity contribution in [2.75, 3.05) is 0 Å². The molecule has 0 amide bonds. The number of rotatable bonds is 2. The topological polar surface area (TPSA) is 56.7 Å². The molecular weight excluding hydrogens is 195 g/mol. The molecule has 0 spiro atoms. The van der Waals surface area contributed by atoms with Crippen molar-refractivity contribution in [2.24, 2.45) is 5.73 Å². The summed E-state index contributed by atoms with van der Waals surface area (Å²) < 4.78 is 15.0. The van der Waals surface area contributed by atoms with Crippen LogP contribution in [0.4, 0.5) is 4.39 Å². The molecule has 0 unspecified atom stereocenters. The van der Waals surface area contributed by atoms with Crippen molar-refractivity contribution in [2.45, 2.75) is 13.0 Å². The van der Waals surface area contributed by atoms with E-state index >= 15 is 0 Å². The van der Waals surface area contributed by atoms with E-state index in [4.69, 9.17) is 5.73 Å². The first-order valence-corrected chi connectivity index (χ1v) is 4.58. The monoisotopic (exact) mass is 206 g/mol. The molecule has 78 valence electrons. The van der Waals surface area contributed by atoms with Crippen LogP contribution < -0.4 is 5.73 Å². The molecule has 5 heteroatoms. The Hall–Kier alpha value is -1.75. The number of halogens is 1. The molecule has 0 saturated carbocycles. The minimum atomic E-state index is -0.352. The fourth-order valence-electron chi connectivity index (χ4n) is 1.32. The first kappa shape index (κ1) is 9.79. The molecule has 1 aromatic heterocycles. The molecule has 1 heterocycles. The summed E-state index contributed by atoms with van der Waals surface area (Å²) in [4.78, 5) is 3.76. The Kier molecular flexibility index (Phi) is 2.47. The second-order valence-corrected chi connectivity index (χ2v) is 3.34. The van der Waals surface area contributed by atoms with E-state index < -0.39 is 0 Å². The summed E-state index contributed by atoms with van der Waals surface area (Å²) in [6.07, 6.45) is 2.81. The van der Waals surface area contributed by atoms with E-state index in [0.29, 0.717) is 5.69 Å². The van der Waals surface area contributed by atoms with Gasteiger partial charge in [-0.2, -0.15) is 5.10 Å². The fourth-order valence-corrected chi connectivity index (χ4v) is 1.32. The van der Waals surface area contributed by atoms with E-state index in [0.717, 1.165) is 5.56 Å². The lowest BCUT2D eigenvalue weighted by atomic mass is 10.1. The third-order valence-corrected chi connectivity index (χ3v) is 2.16. The van der Waals surface area contributed by atoms with Gasteiger partial charge in [0.15, 0.2) is 0 Å². The van der Waals surface area contributed by atoms with Crippen molar-refractivity contribution >= 4 is 0 Å². The smallest absolute Gasteiger partial charge is 0.149 e. The molecule has 0 aliphatic rings. The molecule has 0 aliphatic carbocycles. The summed E-state index contributed by atoms with van der Waals surface area (Å²) in [7, 11) is 0. The van der Waals surface area contributed by atoms with Crippen LogP contribution in [0.5, 0.6) is 0 Å². The lowest BCUT2D eigenvalue weighted by molar-refractivity contribution is 0.605. The highest BCUT2D eigenvalue weighted by atomic mass is 19.1. The van der Waals surface area contributed by atoms with Crippen LogP contribution >= 0.6 is 0 Å². The van der Waals surface area contributed by atoms with Gasteiger partial charge in [-0.25, -0.2) is 14.1 Å². The highest BCUT2D eigenvalue weighted by Crippen LogP contribution is 2.17. The molecular formula is C10H11FN4. The Morgan fingerprint density at radius 2 is 2.27 bits per heavy atom. The van der Waals surface area contributed by atoms with Gasteiger partial charge in [0.05, 0.1) is 0 Å². The second-order valence-electron chi connectivity index (χ2n) is 3.34. The van der Waals surface area contributed by atoms with Gasteiger partial charge < -0.3 is 5.73 Å². The summed E-state index contributed by atoms with van der Waals surface area (Å²) in [5.41, 5.74) is 6.78. The van der Waals surface area contributed by atoms with Crippen LogP contribution in [0.25, 0.3) is 5.69 Å². The van der Waals surface area contributed by atoms with E-state index in [1.165, 1.54) is 23.4 Å². The molecule has 0 saturated heterocycles. The van der Waals surface area contributed by atoms with Crippen molar-refractivity contribution in [1.82, 2.24) is 14.8 Å². The van der Waals surface area contributed by atoms with Gasteiger partial charge in [0, 0.05) is 6.04 Å². The first-order valence-electron chi connectivity index (χ1n) is 4.58. The van der Waals surface area contributed by atoms with Crippen LogP contribution in [0, 0.1) is 5.82 Å². The quantitative estimate of drug-likeness (QED) is 0.808. The molecule has 15 heavy (non-hydrogen) atoms. The molecule has 4 nitrogen and oxygen atoms in total. The fraction of sp³-hybridized carbons (Fsp3) is 0.200. The predicted molar refractivity (Wildman–Crippen MR) is 53.9 cm³/mol. The maximum Gasteiger partial charge on any atom is 0.149 e. The minimum absolute atomic E-state index is 0.177. The largest absolute Gasteiger partial charge is 0.324 e. The highest BCUT2D eigenvalue weighted by Gasteiger charge is 2.07. The van der Waals surface area contributed by atoms with Crippen molar-refractivity contribution in [3.8, 4) is 5.69 Å². The SMILES string of the molecule is C[C@@H](N)c1ccc(-n2cncn2)c(F)c1. The van der Waals surface area contributed by atoms with E-state index in [2.05, 4.69) is 10.1 Å². The normalized spacial score (nSPS) is 12.7. The Morgan fingerprint density at radius 1 is 1.47 bits per heavy atom. The standard InChI is InChI=1S/C10H11FN4/c1-7(12)8-2-3-10(9(11)4-8)15-6-13-5-14-15/h2-7H,12H2,1H3/t7-/m1/s1. The van der Waals surface area contributed by atoms with Gasteiger partial charge in [0.1, 0.15) is 24.2 Å². The summed E-state index contributed by atoms with van der Waals surface area (Å²) in [6, 6.07) is 4.67. The molecule has 2 aromatic rings. The van der Waals surface area contributed by atoms with Crippen LogP contribution in [-0.2, 0) is 0 Å². The van der Waals surface area contributed by atoms with Crippen molar-refractivity contribution in [3.63, 3.8) is 0 Å². The zero-order valence-electron chi connectivity index (χ0n) is 8.26. The summed E-state index contributed by atoms with van der Waals surface area (Å²) in [5.74, 6) is -0.352. The van der Waals surface area contributed by atoms with Crippen molar-refractivity contribution in [3.05, 3.63) is 42.2 Å². The average molecular weight is 206 g/mol. The Bertz CT molecular complexity index is 450. The molecule has 0 aliphatic heterocycles. The average Bonchev–Trinajstić information content (AvgIpc) is 2.70. The molecule has 2 N–H and O–H groups in total. The van der Waals surface area contributed by atoms with Gasteiger partial charge in [-0.3, -0.25) is 0 Å². The first-order chi connectivity index (χ1) is 7.18. The second kappa shape index (κ2) is 3.78. The molecule has 2 rings (SSSR count).